The van der Waals surface area contributed by atoms with Crippen LogP contribution in [0.4, 0.5) is 0 Å². The van der Waals surface area contributed by atoms with Crippen LogP contribution in [0.15, 0.2) is 36.9 Å². The summed E-state index contributed by atoms with van der Waals surface area (Å²) in [5.41, 5.74) is 2.39. The highest BCUT2D eigenvalue weighted by Gasteiger charge is 2.06. The Kier molecular flexibility index (Phi) is 5.27. The lowest BCUT2D eigenvalue weighted by Crippen LogP contribution is -2.25. The lowest BCUT2D eigenvalue weighted by molar-refractivity contribution is 0.401. The second kappa shape index (κ2) is 6.49. The zero-order valence-electron chi connectivity index (χ0n) is 10.7. The second-order valence-corrected chi connectivity index (χ2v) is 4.82. The van der Waals surface area contributed by atoms with Gasteiger partial charge in [-0.1, -0.05) is 57.7 Å². The van der Waals surface area contributed by atoms with E-state index in [4.69, 9.17) is 0 Å². The zero-order valence-corrected chi connectivity index (χ0v) is 10.7. The van der Waals surface area contributed by atoms with Crippen LogP contribution < -0.4 is 5.32 Å². The van der Waals surface area contributed by atoms with Crippen molar-refractivity contribution in [1.29, 1.82) is 0 Å². The van der Waals surface area contributed by atoms with Crippen LogP contribution in [-0.2, 0) is 0 Å². The molecule has 1 nitrogen and oxygen atoms in total. The number of hydrogen-bond acceptors (Lipinski definition) is 1. The maximum absolute atomic E-state index is 4.10. The molecule has 1 aromatic rings. The third-order valence-electron chi connectivity index (χ3n) is 3.12. The standard InChI is InChI=1S/C15H23N/c1-12(2)13(3)10-16-11-14(4)15-8-6-5-7-9-15/h5-9,12-13,16H,4,10-11H2,1-3H3. The van der Waals surface area contributed by atoms with Crippen LogP contribution in [-0.4, -0.2) is 13.1 Å². The molecular weight excluding hydrogens is 194 g/mol. The average Bonchev–Trinajstić information content (AvgIpc) is 2.29. The quantitative estimate of drug-likeness (QED) is 0.768. The van der Waals surface area contributed by atoms with Gasteiger partial charge in [-0.3, -0.25) is 0 Å². The highest BCUT2D eigenvalue weighted by Crippen LogP contribution is 2.11. The maximum Gasteiger partial charge on any atom is 0.0205 e. The fourth-order valence-electron chi connectivity index (χ4n) is 1.46. The Bertz CT molecular complexity index is 313. The largest absolute Gasteiger partial charge is 0.312 e. The van der Waals surface area contributed by atoms with Gasteiger partial charge in [0.25, 0.3) is 0 Å². The number of nitrogens with one attached hydrogen (secondary N) is 1. The van der Waals surface area contributed by atoms with Crippen molar-refractivity contribution in [3.63, 3.8) is 0 Å². The van der Waals surface area contributed by atoms with Crippen LogP contribution in [0.3, 0.4) is 0 Å². The van der Waals surface area contributed by atoms with Crippen LogP contribution in [0.2, 0.25) is 0 Å². The van der Waals surface area contributed by atoms with Gasteiger partial charge in [0.2, 0.25) is 0 Å². The lowest BCUT2D eigenvalue weighted by atomic mass is 9.98. The number of hydrogen-bond donors (Lipinski definition) is 1. The molecule has 88 valence electrons. The van der Waals surface area contributed by atoms with E-state index in [0.717, 1.165) is 24.6 Å². The molecule has 0 heterocycles. The SMILES string of the molecule is C=C(CNCC(C)C(C)C)c1ccccc1. The summed E-state index contributed by atoms with van der Waals surface area (Å²) in [6, 6.07) is 10.4. The van der Waals surface area contributed by atoms with Crippen LogP contribution >= 0.6 is 0 Å². The molecule has 0 saturated carbocycles. The minimum Gasteiger partial charge on any atom is -0.312 e. The lowest BCUT2D eigenvalue weighted by Gasteiger charge is -2.16. The molecule has 1 N–H and O–H groups in total. The van der Waals surface area contributed by atoms with E-state index in [9.17, 15) is 0 Å². The molecule has 0 amide bonds. The molecule has 1 aromatic carbocycles. The van der Waals surface area contributed by atoms with Gasteiger partial charge in [0, 0.05) is 6.54 Å². The van der Waals surface area contributed by atoms with Gasteiger partial charge in [-0.25, -0.2) is 0 Å². The molecule has 0 aliphatic heterocycles. The number of rotatable bonds is 6. The first kappa shape index (κ1) is 13.0. The summed E-state index contributed by atoms with van der Waals surface area (Å²) in [5, 5.41) is 3.47. The third-order valence-corrected chi connectivity index (χ3v) is 3.12. The topological polar surface area (TPSA) is 12.0 Å². The van der Waals surface area contributed by atoms with E-state index in [1.807, 2.05) is 6.07 Å². The summed E-state index contributed by atoms with van der Waals surface area (Å²) >= 11 is 0. The summed E-state index contributed by atoms with van der Waals surface area (Å²) in [6.45, 7) is 12.8. The summed E-state index contributed by atoms with van der Waals surface area (Å²) < 4.78 is 0. The average molecular weight is 217 g/mol. The molecule has 0 aromatic heterocycles. The predicted molar refractivity (Wildman–Crippen MR) is 72.3 cm³/mol. The Morgan fingerprint density at radius 3 is 2.38 bits per heavy atom. The van der Waals surface area contributed by atoms with Crippen molar-refractivity contribution in [3.8, 4) is 0 Å². The molecule has 0 spiro atoms. The summed E-state index contributed by atoms with van der Waals surface area (Å²) in [7, 11) is 0. The van der Waals surface area contributed by atoms with Crippen molar-refractivity contribution in [3.05, 3.63) is 42.5 Å². The molecule has 0 aliphatic carbocycles. The van der Waals surface area contributed by atoms with E-state index in [1.165, 1.54) is 5.56 Å². The molecule has 0 bridgehead atoms. The Labute approximate surface area is 99.6 Å². The van der Waals surface area contributed by atoms with E-state index in [0.29, 0.717) is 5.92 Å². The number of benzene rings is 1. The second-order valence-electron chi connectivity index (χ2n) is 4.82. The smallest absolute Gasteiger partial charge is 0.0205 e. The first-order chi connectivity index (χ1) is 7.61. The van der Waals surface area contributed by atoms with Gasteiger partial charge >= 0.3 is 0 Å². The fraction of sp³-hybridized carbons (Fsp3) is 0.467. The molecule has 0 fully saturated rings. The van der Waals surface area contributed by atoms with E-state index in [-0.39, 0.29) is 0 Å². The first-order valence-corrected chi connectivity index (χ1v) is 6.05. The molecule has 1 atom stereocenters. The van der Waals surface area contributed by atoms with Gasteiger partial charge in [0.05, 0.1) is 0 Å². The van der Waals surface area contributed by atoms with Gasteiger partial charge in [0.15, 0.2) is 0 Å². The van der Waals surface area contributed by atoms with Gasteiger partial charge in [-0.05, 0) is 29.5 Å². The molecule has 0 radical (unpaired) electrons. The summed E-state index contributed by atoms with van der Waals surface area (Å²) in [4.78, 5) is 0. The predicted octanol–water partition coefficient (Wildman–Crippen LogP) is 3.58. The van der Waals surface area contributed by atoms with Crippen molar-refractivity contribution in [2.75, 3.05) is 13.1 Å². The Balaban J connectivity index is 2.31. The molecule has 1 heteroatoms. The van der Waals surface area contributed by atoms with Crippen molar-refractivity contribution in [1.82, 2.24) is 5.32 Å². The van der Waals surface area contributed by atoms with Crippen molar-refractivity contribution in [2.45, 2.75) is 20.8 Å². The molecule has 1 unspecified atom stereocenters. The van der Waals surface area contributed by atoms with Gasteiger partial charge in [-0.2, -0.15) is 0 Å². The van der Waals surface area contributed by atoms with E-state index < -0.39 is 0 Å². The zero-order chi connectivity index (χ0) is 12.0. The van der Waals surface area contributed by atoms with Crippen LogP contribution in [0.5, 0.6) is 0 Å². The van der Waals surface area contributed by atoms with Gasteiger partial charge < -0.3 is 5.32 Å². The van der Waals surface area contributed by atoms with Crippen molar-refractivity contribution < 1.29 is 0 Å². The van der Waals surface area contributed by atoms with E-state index in [2.05, 4.69) is 56.9 Å². The van der Waals surface area contributed by atoms with Gasteiger partial charge in [-0.15, -0.1) is 0 Å². The van der Waals surface area contributed by atoms with Gasteiger partial charge in [0.1, 0.15) is 0 Å². The molecule has 1 rings (SSSR count). The monoisotopic (exact) mass is 217 g/mol. The minimum absolute atomic E-state index is 0.712. The van der Waals surface area contributed by atoms with E-state index >= 15 is 0 Å². The molecule has 0 aliphatic rings. The highest BCUT2D eigenvalue weighted by atomic mass is 14.9. The van der Waals surface area contributed by atoms with Crippen molar-refractivity contribution >= 4 is 5.57 Å². The molecule has 16 heavy (non-hydrogen) atoms. The molecular formula is C15H23N. The maximum atomic E-state index is 4.10. The fourth-order valence-corrected chi connectivity index (χ4v) is 1.46. The summed E-state index contributed by atoms with van der Waals surface area (Å²) in [5.74, 6) is 1.45. The van der Waals surface area contributed by atoms with Crippen LogP contribution in [0, 0.1) is 11.8 Å². The van der Waals surface area contributed by atoms with E-state index in [1.54, 1.807) is 0 Å². The highest BCUT2D eigenvalue weighted by molar-refractivity contribution is 5.64. The normalized spacial score (nSPS) is 12.8. The Morgan fingerprint density at radius 2 is 1.81 bits per heavy atom. The minimum atomic E-state index is 0.712. The third kappa shape index (κ3) is 4.19. The van der Waals surface area contributed by atoms with Crippen molar-refractivity contribution in [2.24, 2.45) is 11.8 Å². The molecule has 0 saturated heterocycles. The first-order valence-electron chi connectivity index (χ1n) is 6.05. The van der Waals surface area contributed by atoms with Crippen LogP contribution in [0.25, 0.3) is 5.57 Å². The van der Waals surface area contributed by atoms with Crippen LogP contribution in [0.1, 0.15) is 26.3 Å². The summed E-state index contributed by atoms with van der Waals surface area (Å²) in [6.07, 6.45) is 0. The Hall–Kier alpha value is -1.08. The Morgan fingerprint density at radius 1 is 1.19 bits per heavy atom.